The zero-order valence-electron chi connectivity index (χ0n) is 8.72. The van der Waals surface area contributed by atoms with Gasteiger partial charge in [0.25, 0.3) is 0 Å². The highest BCUT2D eigenvalue weighted by Gasteiger charge is 2.33. The van der Waals surface area contributed by atoms with E-state index in [2.05, 4.69) is 10.1 Å². The van der Waals surface area contributed by atoms with Crippen LogP contribution in [-0.4, -0.2) is 33.2 Å². The third kappa shape index (κ3) is 1.88. The fourth-order valence-electron chi connectivity index (χ4n) is 1.98. The van der Waals surface area contributed by atoms with E-state index < -0.39 is 0 Å². The zero-order chi connectivity index (χ0) is 11.0. The third-order valence-corrected chi connectivity index (χ3v) is 5.32. The summed E-state index contributed by atoms with van der Waals surface area (Å²) >= 11 is 3.52. The van der Waals surface area contributed by atoms with Gasteiger partial charge < -0.3 is 4.52 Å². The number of ketones is 1. The second kappa shape index (κ2) is 4.41. The average molecular weight is 256 g/mol. The Labute approximate surface area is 102 Å². The molecule has 3 rings (SSSR count). The highest BCUT2D eigenvalue weighted by molar-refractivity contribution is 8.00. The van der Waals surface area contributed by atoms with Crippen LogP contribution in [0.5, 0.6) is 0 Å². The van der Waals surface area contributed by atoms with Crippen LogP contribution in [0.1, 0.15) is 35.7 Å². The van der Waals surface area contributed by atoms with E-state index in [0.29, 0.717) is 16.9 Å². The Morgan fingerprint density at radius 2 is 2.38 bits per heavy atom. The molecule has 3 heterocycles. The standard InChI is InChI=1S/C10H12N2O2S2/c13-7-5-15-4-6(7)10-11-9(12-14-10)8-2-1-3-16-8/h6,8H,1-5H2. The summed E-state index contributed by atoms with van der Waals surface area (Å²) in [4.78, 5) is 15.9. The van der Waals surface area contributed by atoms with Crippen LogP contribution in [0.4, 0.5) is 0 Å². The first-order valence-corrected chi connectivity index (χ1v) is 7.60. The molecule has 0 bridgehead atoms. The van der Waals surface area contributed by atoms with E-state index in [1.807, 2.05) is 11.8 Å². The summed E-state index contributed by atoms with van der Waals surface area (Å²) in [7, 11) is 0. The van der Waals surface area contributed by atoms with Crippen molar-refractivity contribution in [3.05, 3.63) is 11.7 Å². The minimum absolute atomic E-state index is 0.155. The first-order chi connectivity index (χ1) is 7.84. The molecular weight excluding hydrogens is 244 g/mol. The first kappa shape index (κ1) is 10.7. The van der Waals surface area contributed by atoms with E-state index in [0.717, 1.165) is 18.0 Å². The van der Waals surface area contributed by atoms with E-state index >= 15 is 0 Å². The van der Waals surface area contributed by atoms with Gasteiger partial charge in [0.05, 0.1) is 11.0 Å². The summed E-state index contributed by atoms with van der Waals surface area (Å²) in [5, 5.41) is 4.39. The number of hydrogen-bond donors (Lipinski definition) is 0. The highest BCUT2D eigenvalue weighted by Crippen LogP contribution is 2.39. The molecule has 0 N–H and O–H groups in total. The van der Waals surface area contributed by atoms with Crippen LogP contribution in [0.2, 0.25) is 0 Å². The van der Waals surface area contributed by atoms with Gasteiger partial charge in [0, 0.05) is 5.75 Å². The molecule has 16 heavy (non-hydrogen) atoms. The molecule has 2 fully saturated rings. The second-order valence-electron chi connectivity index (χ2n) is 4.03. The number of carbonyl (C=O) groups is 1. The van der Waals surface area contributed by atoms with Gasteiger partial charge >= 0.3 is 0 Å². The first-order valence-electron chi connectivity index (χ1n) is 5.40. The molecule has 86 valence electrons. The van der Waals surface area contributed by atoms with Crippen LogP contribution >= 0.6 is 23.5 Å². The van der Waals surface area contributed by atoms with E-state index in [-0.39, 0.29) is 11.7 Å². The fraction of sp³-hybridized carbons (Fsp3) is 0.700. The average Bonchev–Trinajstić information content (AvgIpc) is 2.96. The van der Waals surface area contributed by atoms with E-state index in [4.69, 9.17) is 4.52 Å². The van der Waals surface area contributed by atoms with Crippen LogP contribution in [0, 0.1) is 0 Å². The molecule has 0 amide bonds. The third-order valence-electron chi connectivity index (χ3n) is 2.89. The number of Topliss-reactive ketones (excluding diaryl/α,β-unsaturated/α-hetero) is 1. The van der Waals surface area contributed by atoms with Gasteiger partial charge in [-0.15, -0.1) is 0 Å². The SMILES string of the molecule is O=C1CSCC1c1nc(C2CCCS2)no1. The molecule has 0 spiro atoms. The number of thioether (sulfide) groups is 2. The van der Waals surface area contributed by atoms with Gasteiger partial charge in [0.2, 0.25) is 5.89 Å². The molecular formula is C10H12N2O2S2. The number of aromatic nitrogens is 2. The molecule has 6 heteroatoms. The molecule has 4 nitrogen and oxygen atoms in total. The van der Waals surface area contributed by atoms with Gasteiger partial charge in [-0.25, -0.2) is 0 Å². The van der Waals surface area contributed by atoms with Gasteiger partial charge in [-0.2, -0.15) is 28.5 Å². The molecule has 2 atom stereocenters. The maximum Gasteiger partial charge on any atom is 0.238 e. The van der Waals surface area contributed by atoms with Gasteiger partial charge in [-0.3, -0.25) is 4.79 Å². The molecule has 2 saturated heterocycles. The fourth-order valence-corrected chi connectivity index (χ4v) is 4.26. The van der Waals surface area contributed by atoms with E-state index in [9.17, 15) is 4.79 Å². The molecule has 0 radical (unpaired) electrons. The summed E-state index contributed by atoms with van der Waals surface area (Å²) in [6.45, 7) is 0. The van der Waals surface area contributed by atoms with Crippen molar-refractivity contribution in [1.82, 2.24) is 10.1 Å². The van der Waals surface area contributed by atoms with Crippen molar-refractivity contribution in [1.29, 1.82) is 0 Å². The Balaban J connectivity index is 1.79. The molecule has 0 saturated carbocycles. The Bertz CT molecular complexity index is 401. The monoisotopic (exact) mass is 256 g/mol. The van der Waals surface area contributed by atoms with Crippen molar-refractivity contribution in [3.63, 3.8) is 0 Å². The summed E-state index contributed by atoms with van der Waals surface area (Å²) in [6, 6.07) is 0. The van der Waals surface area contributed by atoms with Gasteiger partial charge in [-0.05, 0) is 18.6 Å². The Morgan fingerprint density at radius 3 is 3.06 bits per heavy atom. The predicted octanol–water partition coefficient (Wildman–Crippen LogP) is 2.04. The van der Waals surface area contributed by atoms with Crippen LogP contribution in [0.25, 0.3) is 0 Å². The van der Waals surface area contributed by atoms with Crippen LogP contribution in [0.15, 0.2) is 4.52 Å². The normalized spacial score (nSPS) is 30.1. The lowest BCUT2D eigenvalue weighted by atomic mass is 10.1. The Hall–Kier alpha value is -0.490. The Kier molecular flexibility index (Phi) is 2.93. The van der Waals surface area contributed by atoms with Crippen molar-refractivity contribution in [2.75, 3.05) is 17.3 Å². The smallest absolute Gasteiger partial charge is 0.238 e. The topological polar surface area (TPSA) is 56.0 Å². The molecule has 0 aliphatic carbocycles. The van der Waals surface area contributed by atoms with Crippen LogP contribution in [0.3, 0.4) is 0 Å². The summed E-state index contributed by atoms with van der Waals surface area (Å²) in [5.41, 5.74) is 0. The highest BCUT2D eigenvalue weighted by atomic mass is 32.2. The lowest BCUT2D eigenvalue weighted by molar-refractivity contribution is -0.117. The lowest BCUT2D eigenvalue weighted by Gasteiger charge is -2.00. The predicted molar refractivity (Wildman–Crippen MR) is 63.8 cm³/mol. The number of nitrogens with zero attached hydrogens (tertiary/aromatic N) is 2. The minimum atomic E-state index is -0.155. The maximum atomic E-state index is 11.6. The van der Waals surface area contributed by atoms with Crippen molar-refractivity contribution in [3.8, 4) is 0 Å². The molecule has 1 aromatic heterocycles. The number of rotatable bonds is 2. The second-order valence-corrected chi connectivity index (χ2v) is 6.37. The Morgan fingerprint density at radius 1 is 1.44 bits per heavy atom. The number of hydrogen-bond acceptors (Lipinski definition) is 6. The minimum Gasteiger partial charge on any atom is -0.338 e. The molecule has 2 aliphatic heterocycles. The summed E-state index contributed by atoms with van der Waals surface area (Å²) in [5.74, 6) is 3.92. The van der Waals surface area contributed by atoms with E-state index in [1.54, 1.807) is 11.8 Å². The van der Waals surface area contributed by atoms with Crippen molar-refractivity contribution in [2.45, 2.75) is 24.0 Å². The molecule has 2 aliphatic rings. The lowest BCUT2D eigenvalue weighted by Crippen LogP contribution is -2.09. The van der Waals surface area contributed by atoms with Crippen LogP contribution in [-0.2, 0) is 4.79 Å². The van der Waals surface area contributed by atoms with Crippen molar-refractivity contribution >= 4 is 29.3 Å². The molecule has 0 aromatic carbocycles. The number of carbonyl (C=O) groups excluding carboxylic acids is 1. The molecule has 2 unspecified atom stereocenters. The van der Waals surface area contributed by atoms with Gasteiger partial charge in [0.1, 0.15) is 5.92 Å². The van der Waals surface area contributed by atoms with E-state index in [1.165, 1.54) is 12.2 Å². The largest absolute Gasteiger partial charge is 0.338 e. The maximum absolute atomic E-state index is 11.6. The molecule has 1 aromatic rings. The summed E-state index contributed by atoms with van der Waals surface area (Å²) < 4.78 is 5.22. The quantitative estimate of drug-likeness (QED) is 0.807. The zero-order valence-corrected chi connectivity index (χ0v) is 10.4. The summed E-state index contributed by atoms with van der Waals surface area (Å²) in [6.07, 6.45) is 2.34. The van der Waals surface area contributed by atoms with Gasteiger partial charge in [0.15, 0.2) is 11.6 Å². The van der Waals surface area contributed by atoms with Gasteiger partial charge in [-0.1, -0.05) is 5.16 Å². The van der Waals surface area contributed by atoms with Crippen LogP contribution < -0.4 is 0 Å². The van der Waals surface area contributed by atoms with Crippen molar-refractivity contribution < 1.29 is 9.32 Å². The van der Waals surface area contributed by atoms with Crippen molar-refractivity contribution in [2.24, 2.45) is 0 Å².